The molecular formula is C19H25N3O3. The molecular weight excluding hydrogens is 318 g/mol. The van der Waals surface area contributed by atoms with Crippen LogP contribution in [0.25, 0.3) is 10.8 Å². The van der Waals surface area contributed by atoms with Crippen molar-refractivity contribution in [3.05, 3.63) is 30.0 Å². The van der Waals surface area contributed by atoms with Gasteiger partial charge in [-0.2, -0.15) is 0 Å². The maximum absolute atomic E-state index is 11.8. The predicted molar refractivity (Wildman–Crippen MR) is 97.1 cm³/mol. The van der Waals surface area contributed by atoms with Crippen LogP contribution in [0.1, 0.15) is 37.0 Å². The Morgan fingerprint density at radius 3 is 2.96 bits per heavy atom. The van der Waals surface area contributed by atoms with E-state index in [1.54, 1.807) is 18.3 Å². The Hall–Kier alpha value is -2.34. The normalized spacial score (nSPS) is 17.6. The standard InChI is InChI=1S/C19H25N3O3/c1-12(2)25-17-9-15-14(8-16(17)18(20)23)5-7-22-19(15)24-11-13-4-3-6-21-10-13/h5,7-9,12-13,21H,3-4,6,10-11H2,1-2H3,(H2,20,23). The highest BCUT2D eigenvalue weighted by atomic mass is 16.5. The quantitative estimate of drug-likeness (QED) is 0.841. The van der Waals surface area contributed by atoms with Gasteiger partial charge in [0, 0.05) is 24.0 Å². The van der Waals surface area contributed by atoms with E-state index in [0.717, 1.165) is 30.3 Å². The molecule has 134 valence electrons. The minimum atomic E-state index is -0.509. The average molecular weight is 343 g/mol. The van der Waals surface area contributed by atoms with Gasteiger partial charge >= 0.3 is 0 Å². The predicted octanol–water partition coefficient (Wildman–Crippen LogP) is 2.50. The lowest BCUT2D eigenvalue weighted by molar-refractivity contribution is 0.0994. The summed E-state index contributed by atoms with van der Waals surface area (Å²) in [6, 6.07) is 5.39. The van der Waals surface area contributed by atoms with Crippen LogP contribution in [0.5, 0.6) is 11.6 Å². The van der Waals surface area contributed by atoms with E-state index in [9.17, 15) is 4.79 Å². The number of hydrogen-bond acceptors (Lipinski definition) is 5. The molecule has 0 bridgehead atoms. The third-order valence-electron chi connectivity index (χ3n) is 4.31. The van der Waals surface area contributed by atoms with Crippen molar-refractivity contribution < 1.29 is 14.3 Å². The van der Waals surface area contributed by atoms with Crippen molar-refractivity contribution in [2.45, 2.75) is 32.8 Å². The minimum Gasteiger partial charge on any atom is -0.490 e. The number of pyridine rings is 1. The molecule has 1 fully saturated rings. The van der Waals surface area contributed by atoms with Crippen molar-refractivity contribution in [1.29, 1.82) is 0 Å². The molecule has 2 aromatic rings. The van der Waals surface area contributed by atoms with Crippen LogP contribution >= 0.6 is 0 Å². The fraction of sp³-hybridized carbons (Fsp3) is 0.474. The topological polar surface area (TPSA) is 86.5 Å². The summed E-state index contributed by atoms with van der Waals surface area (Å²) < 4.78 is 11.8. The van der Waals surface area contributed by atoms with E-state index in [4.69, 9.17) is 15.2 Å². The van der Waals surface area contributed by atoms with Gasteiger partial charge in [-0.05, 0) is 56.8 Å². The number of nitrogens with two attached hydrogens (primary N) is 1. The van der Waals surface area contributed by atoms with E-state index < -0.39 is 5.91 Å². The molecule has 1 amide bonds. The monoisotopic (exact) mass is 343 g/mol. The van der Waals surface area contributed by atoms with Gasteiger partial charge in [-0.25, -0.2) is 4.98 Å². The number of rotatable bonds is 6. The van der Waals surface area contributed by atoms with Crippen LogP contribution in [0.15, 0.2) is 24.4 Å². The Morgan fingerprint density at radius 2 is 2.28 bits per heavy atom. The number of nitrogens with zero attached hydrogens (tertiary/aromatic N) is 1. The Labute approximate surface area is 147 Å². The summed E-state index contributed by atoms with van der Waals surface area (Å²) in [4.78, 5) is 16.1. The molecule has 1 aromatic heterocycles. The van der Waals surface area contributed by atoms with Gasteiger partial charge in [-0.15, -0.1) is 0 Å². The summed E-state index contributed by atoms with van der Waals surface area (Å²) in [5, 5.41) is 5.07. The Bertz CT molecular complexity index is 755. The molecule has 0 radical (unpaired) electrons. The number of ether oxygens (including phenoxy) is 2. The van der Waals surface area contributed by atoms with E-state index in [-0.39, 0.29) is 6.10 Å². The second-order valence-corrected chi connectivity index (χ2v) is 6.74. The lowest BCUT2D eigenvalue weighted by atomic mass is 10.0. The molecule has 0 spiro atoms. The van der Waals surface area contributed by atoms with E-state index in [0.29, 0.717) is 29.7 Å². The number of carbonyl (C=O) groups is 1. The lowest BCUT2D eigenvalue weighted by Crippen LogP contribution is -2.33. The summed E-state index contributed by atoms with van der Waals surface area (Å²) in [6.07, 6.45) is 3.95. The summed E-state index contributed by atoms with van der Waals surface area (Å²) in [5.41, 5.74) is 5.87. The molecule has 6 nitrogen and oxygen atoms in total. The van der Waals surface area contributed by atoms with Gasteiger partial charge in [0.2, 0.25) is 5.88 Å². The first-order valence-electron chi connectivity index (χ1n) is 8.77. The Kier molecular flexibility index (Phi) is 5.38. The first kappa shape index (κ1) is 17.5. The fourth-order valence-electron chi connectivity index (χ4n) is 3.10. The second-order valence-electron chi connectivity index (χ2n) is 6.74. The third-order valence-corrected chi connectivity index (χ3v) is 4.31. The van der Waals surface area contributed by atoms with Gasteiger partial charge in [-0.3, -0.25) is 4.79 Å². The van der Waals surface area contributed by atoms with Crippen molar-refractivity contribution in [2.24, 2.45) is 11.7 Å². The van der Waals surface area contributed by atoms with Crippen LogP contribution in [0.4, 0.5) is 0 Å². The SMILES string of the molecule is CC(C)Oc1cc2c(OCC3CCCNC3)nccc2cc1C(N)=O. The number of fused-ring (bicyclic) bond motifs is 1. The van der Waals surface area contributed by atoms with Crippen LogP contribution in [0, 0.1) is 5.92 Å². The zero-order chi connectivity index (χ0) is 17.8. The third kappa shape index (κ3) is 4.20. The molecule has 1 unspecified atom stereocenters. The van der Waals surface area contributed by atoms with Crippen molar-refractivity contribution in [3.8, 4) is 11.6 Å². The van der Waals surface area contributed by atoms with E-state index in [2.05, 4.69) is 10.3 Å². The Morgan fingerprint density at radius 1 is 1.44 bits per heavy atom. The molecule has 6 heteroatoms. The number of carbonyl (C=O) groups excluding carboxylic acids is 1. The molecule has 2 heterocycles. The fourth-order valence-corrected chi connectivity index (χ4v) is 3.10. The number of primary amides is 1. The van der Waals surface area contributed by atoms with Gasteiger partial charge in [0.1, 0.15) is 5.75 Å². The molecule has 1 aliphatic heterocycles. The summed E-state index contributed by atoms with van der Waals surface area (Å²) in [5.74, 6) is 1.01. The maximum atomic E-state index is 11.8. The first-order chi connectivity index (χ1) is 12.0. The summed E-state index contributed by atoms with van der Waals surface area (Å²) >= 11 is 0. The van der Waals surface area contributed by atoms with Crippen LogP contribution < -0.4 is 20.5 Å². The molecule has 3 rings (SSSR count). The van der Waals surface area contributed by atoms with Crippen molar-refractivity contribution in [3.63, 3.8) is 0 Å². The van der Waals surface area contributed by atoms with Crippen LogP contribution in [-0.2, 0) is 0 Å². The number of amides is 1. The molecule has 1 saturated heterocycles. The van der Waals surface area contributed by atoms with E-state index in [1.807, 2.05) is 19.9 Å². The van der Waals surface area contributed by atoms with Crippen molar-refractivity contribution in [1.82, 2.24) is 10.3 Å². The molecule has 3 N–H and O–H groups in total. The number of hydrogen-bond donors (Lipinski definition) is 2. The smallest absolute Gasteiger partial charge is 0.252 e. The van der Waals surface area contributed by atoms with E-state index >= 15 is 0 Å². The van der Waals surface area contributed by atoms with Crippen molar-refractivity contribution in [2.75, 3.05) is 19.7 Å². The van der Waals surface area contributed by atoms with Gasteiger partial charge in [-0.1, -0.05) is 0 Å². The molecule has 1 atom stereocenters. The number of benzene rings is 1. The van der Waals surface area contributed by atoms with Gasteiger partial charge in [0.05, 0.1) is 18.3 Å². The molecule has 1 aliphatic rings. The Balaban J connectivity index is 1.91. The highest BCUT2D eigenvalue weighted by Gasteiger charge is 2.17. The number of nitrogens with one attached hydrogen (secondary N) is 1. The van der Waals surface area contributed by atoms with Crippen molar-refractivity contribution >= 4 is 16.7 Å². The van der Waals surface area contributed by atoms with E-state index in [1.165, 1.54) is 6.42 Å². The number of aromatic nitrogens is 1. The molecule has 25 heavy (non-hydrogen) atoms. The van der Waals surface area contributed by atoms with Crippen LogP contribution in [-0.4, -0.2) is 36.7 Å². The summed E-state index contributed by atoms with van der Waals surface area (Å²) in [7, 11) is 0. The zero-order valence-corrected chi connectivity index (χ0v) is 14.7. The first-order valence-corrected chi connectivity index (χ1v) is 8.77. The zero-order valence-electron chi connectivity index (χ0n) is 14.7. The van der Waals surface area contributed by atoms with Gasteiger partial charge in [0.25, 0.3) is 5.91 Å². The number of piperidine rings is 1. The minimum absolute atomic E-state index is 0.0649. The van der Waals surface area contributed by atoms with Gasteiger partial charge in [0.15, 0.2) is 0 Å². The molecule has 0 aliphatic carbocycles. The molecule has 1 aromatic carbocycles. The largest absolute Gasteiger partial charge is 0.490 e. The second kappa shape index (κ2) is 7.70. The lowest BCUT2D eigenvalue weighted by Gasteiger charge is -2.23. The highest BCUT2D eigenvalue weighted by Crippen LogP contribution is 2.31. The van der Waals surface area contributed by atoms with Gasteiger partial charge < -0.3 is 20.5 Å². The average Bonchev–Trinajstić information content (AvgIpc) is 2.59. The molecule has 0 saturated carbocycles. The van der Waals surface area contributed by atoms with Crippen LogP contribution in [0.3, 0.4) is 0 Å². The summed E-state index contributed by atoms with van der Waals surface area (Å²) in [6.45, 7) is 6.49. The van der Waals surface area contributed by atoms with Crippen LogP contribution in [0.2, 0.25) is 0 Å². The maximum Gasteiger partial charge on any atom is 0.252 e. The highest BCUT2D eigenvalue weighted by molar-refractivity contribution is 6.01.